The summed E-state index contributed by atoms with van der Waals surface area (Å²) >= 11 is 0. The zero-order valence-electron chi connectivity index (χ0n) is 8.27. The monoisotopic (exact) mass is 212 g/mol. The highest BCUT2D eigenvalue weighted by Gasteiger charge is 2.07. The number of carbonyl (C=O) groups excluding carboxylic acids is 1. The maximum Gasteiger partial charge on any atom is 0.256 e. The highest BCUT2D eigenvalue weighted by atomic mass is 16.1. The molecule has 0 aromatic carbocycles. The summed E-state index contributed by atoms with van der Waals surface area (Å²) in [7, 11) is 0. The van der Waals surface area contributed by atoms with Crippen LogP contribution in [-0.2, 0) is 0 Å². The molecule has 78 valence electrons. The van der Waals surface area contributed by atoms with E-state index in [9.17, 15) is 4.79 Å². The number of rotatable bonds is 2. The quantitative estimate of drug-likeness (QED) is 0.792. The third kappa shape index (κ3) is 2.07. The first-order chi connectivity index (χ1) is 7.79. The molecule has 0 aliphatic rings. The van der Waals surface area contributed by atoms with Gasteiger partial charge in [-0.2, -0.15) is 5.26 Å². The summed E-state index contributed by atoms with van der Waals surface area (Å²) in [6, 6.07) is 8.40. The molecule has 0 bridgehead atoms. The Morgan fingerprint density at radius 2 is 2.38 bits per heavy atom. The molecule has 0 fully saturated rings. The topological polar surface area (TPSA) is 81.6 Å². The molecule has 0 aliphatic heterocycles. The van der Waals surface area contributed by atoms with Crippen LogP contribution in [0.3, 0.4) is 0 Å². The zero-order valence-corrected chi connectivity index (χ0v) is 8.27. The van der Waals surface area contributed by atoms with Gasteiger partial charge in [-0.1, -0.05) is 0 Å². The first kappa shape index (κ1) is 9.93. The van der Waals surface area contributed by atoms with Crippen LogP contribution in [0, 0.1) is 11.3 Å². The number of aromatic nitrogens is 2. The van der Waals surface area contributed by atoms with Crippen LogP contribution in [0.4, 0.5) is 5.82 Å². The summed E-state index contributed by atoms with van der Waals surface area (Å²) in [4.78, 5) is 18.4. The van der Waals surface area contributed by atoms with Crippen LogP contribution >= 0.6 is 0 Å². The van der Waals surface area contributed by atoms with E-state index in [1.165, 1.54) is 12.3 Å². The minimum absolute atomic E-state index is 0.221. The lowest BCUT2D eigenvalue weighted by atomic mass is 10.2. The average Bonchev–Trinajstić information content (AvgIpc) is 2.82. The zero-order chi connectivity index (χ0) is 11.4. The van der Waals surface area contributed by atoms with Crippen molar-refractivity contribution in [3.05, 3.63) is 47.9 Å². The molecule has 0 spiro atoms. The standard InChI is InChI=1S/C11H8N4O/c12-7-9-6-8(3-5-13-9)11(16)15-10-2-1-4-14-10/h1-6,14H,(H,15,16). The smallest absolute Gasteiger partial charge is 0.256 e. The van der Waals surface area contributed by atoms with Crippen molar-refractivity contribution in [2.75, 3.05) is 5.32 Å². The van der Waals surface area contributed by atoms with Gasteiger partial charge in [-0.3, -0.25) is 4.79 Å². The lowest BCUT2D eigenvalue weighted by molar-refractivity contribution is 0.102. The molecule has 0 radical (unpaired) electrons. The molecular formula is C11H8N4O. The molecule has 2 aromatic heterocycles. The predicted octanol–water partition coefficient (Wildman–Crippen LogP) is 1.53. The van der Waals surface area contributed by atoms with Crippen LogP contribution in [0.25, 0.3) is 0 Å². The SMILES string of the molecule is N#Cc1cc(C(=O)Nc2ccc[nH]2)ccn1. The normalized spacial score (nSPS) is 9.44. The van der Waals surface area contributed by atoms with Crippen molar-refractivity contribution < 1.29 is 4.79 Å². The molecule has 16 heavy (non-hydrogen) atoms. The maximum atomic E-state index is 11.7. The van der Waals surface area contributed by atoms with Gasteiger partial charge in [-0.15, -0.1) is 0 Å². The molecule has 1 amide bonds. The summed E-state index contributed by atoms with van der Waals surface area (Å²) in [5.41, 5.74) is 0.625. The molecule has 2 rings (SSSR count). The number of hydrogen-bond acceptors (Lipinski definition) is 3. The molecule has 2 N–H and O–H groups in total. The fourth-order valence-corrected chi connectivity index (χ4v) is 1.24. The summed E-state index contributed by atoms with van der Waals surface area (Å²) in [6.45, 7) is 0. The Balaban J connectivity index is 2.18. The van der Waals surface area contributed by atoms with Crippen LogP contribution in [0.2, 0.25) is 0 Å². The number of hydrogen-bond donors (Lipinski definition) is 2. The third-order valence-corrected chi connectivity index (χ3v) is 1.98. The maximum absolute atomic E-state index is 11.7. The number of amides is 1. The van der Waals surface area contributed by atoms with Gasteiger partial charge in [-0.05, 0) is 24.3 Å². The van der Waals surface area contributed by atoms with E-state index in [4.69, 9.17) is 5.26 Å². The lowest BCUT2D eigenvalue weighted by Gasteiger charge is -2.02. The highest BCUT2D eigenvalue weighted by molar-refractivity contribution is 6.03. The second kappa shape index (κ2) is 4.28. The van der Waals surface area contributed by atoms with Crippen molar-refractivity contribution in [1.82, 2.24) is 9.97 Å². The number of nitrogens with zero attached hydrogens (tertiary/aromatic N) is 2. The van der Waals surface area contributed by atoms with Crippen LogP contribution in [-0.4, -0.2) is 15.9 Å². The molecule has 0 aliphatic carbocycles. The van der Waals surface area contributed by atoms with E-state index in [-0.39, 0.29) is 11.6 Å². The molecule has 5 nitrogen and oxygen atoms in total. The first-order valence-electron chi connectivity index (χ1n) is 4.60. The second-order valence-corrected chi connectivity index (χ2v) is 3.08. The van der Waals surface area contributed by atoms with Gasteiger partial charge in [0.15, 0.2) is 0 Å². The van der Waals surface area contributed by atoms with Crippen LogP contribution in [0.1, 0.15) is 16.1 Å². The van der Waals surface area contributed by atoms with Gasteiger partial charge < -0.3 is 10.3 Å². The Morgan fingerprint density at radius 3 is 3.06 bits per heavy atom. The lowest BCUT2D eigenvalue weighted by Crippen LogP contribution is -2.12. The molecule has 0 saturated carbocycles. The average molecular weight is 212 g/mol. The molecule has 5 heteroatoms. The minimum Gasteiger partial charge on any atom is -0.348 e. The minimum atomic E-state index is -0.277. The Bertz CT molecular complexity index is 539. The van der Waals surface area contributed by atoms with E-state index in [0.717, 1.165) is 0 Å². The van der Waals surface area contributed by atoms with Crippen LogP contribution in [0.15, 0.2) is 36.7 Å². The largest absolute Gasteiger partial charge is 0.348 e. The van der Waals surface area contributed by atoms with E-state index in [2.05, 4.69) is 15.3 Å². The Labute approximate surface area is 91.8 Å². The van der Waals surface area contributed by atoms with Crippen molar-refractivity contribution in [2.45, 2.75) is 0 Å². The number of H-pyrrole nitrogens is 1. The predicted molar refractivity (Wildman–Crippen MR) is 57.7 cm³/mol. The van der Waals surface area contributed by atoms with Gasteiger partial charge in [-0.25, -0.2) is 4.98 Å². The third-order valence-electron chi connectivity index (χ3n) is 1.98. The Hall–Kier alpha value is -2.61. The van der Waals surface area contributed by atoms with Gasteiger partial charge in [0.2, 0.25) is 0 Å². The summed E-state index contributed by atoms with van der Waals surface area (Å²) < 4.78 is 0. The number of pyridine rings is 1. The fraction of sp³-hybridized carbons (Fsp3) is 0. The molecule has 0 atom stereocenters. The Kier molecular flexibility index (Phi) is 2.65. The summed E-state index contributed by atoms with van der Waals surface area (Å²) in [5, 5.41) is 11.3. The molecule has 0 saturated heterocycles. The fourth-order valence-electron chi connectivity index (χ4n) is 1.24. The van der Waals surface area contributed by atoms with Gasteiger partial charge in [0.1, 0.15) is 17.6 Å². The highest BCUT2D eigenvalue weighted by Crippen LogP contribution is 2.06. The van der Waals surface area contributed by atoms with E-state index >= 15 is 0 Å². The molecule has 2 heterocycles. The molecule has 2 aromatic rings. The summed E-state index contributed by atoms with van der Waals surface area (Å²) in [6.07, 6.45) is 3.14. The van der Waals surface area contributed by atoms with Crippen LogP contribution < -0.4 is 5.32 Å². The number of nitriles is 1. The first-order valence-corrected chi connectivity index (χ1v) is 4.60. The van der Waals surface area contributed by atoms with Crippen molar-refractivity contribution in [3.63, 3.8) is 0 Å². The van der Waals surface area contributed by atoms with Crippen molar-refractivity contribution >= 4 is 11.7 Å². The number of aromatic amines is 1. The van der Waals surface area contributed by atoms with Crippen molar-refractivity contribution in [1.29, 1.82) is 5.26 Å². The number of anilines is 1. The van der Waals surface area contributed by atoms with E-state index in [0.29, 0.717) is 11.4 Å². The van der Waals surface area contributed by atoms with Crippen LogP contribution in [0.5, 0.6) is 0 Å². The molecule has 0 unspecified atom stereocenters. The van der Waals surface area contributed by atoms with Gasteiger partial charge in [0.25, 0.3) is 5.91 Å². The van der Waals surface area contributed by atoms with Crippen molar-refractivity contribution in [3.8, 4) is 6.07 Å². The van der Waals surface area contributed by atoms with E-state index in [1.54, 1.807) is 24.4 Å². The Morgan fingerprint density at radius 1 is 1.50 bits per heavy atom. The van der Waals surface area contributed by atoms with Gasteiger partial charge in [0.05, 0.1) is 0 Å². The van der Waals surface area contributed by atoms with Gasteiger partial charge in [0, 0.05) is 18.0 Å². The van der Waals surface area contributed by atoms with Crippen molar-refractivity contribution in [2.24, 2.45) is 0 Å². The summed E-state index contributed by atoms with van der Waals surface area (Å²) in [5.74, 6) is 0.335. The van der Waals surface area contributed by atoms with E-state index < -0.39 is 0 Å². The number of carbonyl (C=O) groups is 1. The van der Waals surface area contributed by atoms with E-state index in [1.807, 2.05) is 6.07 Å². The molecular weight excluding hydrogens is 204 g/mol. The second-order valence-electron chi connectivity index (χ2n) is 3.08. The number of nitrogens with one attached hydrogen (secondary N) is 2. The van der Waals surface area contributed by atoms with Gasteiger partial charge >= 0.3 is 0 Å².